The molecule has 1 aliphatic rings. The number of amides is 2. The molecule has 0 saturated heterocycles. The molecule has 2 amide bonds. The van der Waals surface area contributed by atoms with Crippen LogP contribution in [0.15, 0.2) is 48.5 Å². The molecule has 2 aromatic carbocycles. The summed E-state index contributed by atoms with van der Waals surface area (Å²) in [7, 11) is 0. The van der Waals surface area contributed by atoms with Crippen molar-refractivity contribution in [1.82, 2.24) is 0 Å². The summed E-state index contributed by atoms with van der Waals surface area (Å²) in [6.07, 6.45) is 0.807. The van der Waals surface area contributed by atoms with E-state index in [0.29, 0.717) is 11.3 Å². The lowest BCUT2D eigenvalue weighted by Crippen LogP contribution is -2.44. The molecule has 0 aromatic heterocycles. The van der Waals surface area contributed by atoms with Crippen LogP contribution in [0.3, 0.4) is 0 Å². The lowest BCUT2D eigenvalue weighted by molar-refractivity contribution is -0.121. The summed E-state index contributed by atoms with van der Waals surface area (Å²) in [4.78, 5) is 40.0. The number of carbonyl (C=O) groups is 3. The molecule has 5 nitrogen and oxygen atoms in total. The van der Waals surface area contributed by atoms with Crippen LogP contribution in [0.2, 0.25) is 0 Å². The van der Waals surface area contributed by atoms with Crippen molar-refractivity contribution >= 4 is 29.0 Å². The standard InChI is InChI=1S/C21H22N2O3/c1-14-11-18-7-4-5-10-20(18)23(14)21(26)13-22(16(3)25)19-9-6-8-17(12-19)15(2)24/h4-10,12,14H,11,13H2,1-3H3. The molecule has 0 N–H and O–H groups in total. The van der Waals surface area contributed by atoms with Crippen LogP contribution in [0.25, 0.3) is 0 Å². The first kappa shape index (κ1) is 17.9. The third-order valence-electron chi connectivity index (χ3n) is 4.71. The van der Waals surface area contributed by atoms with E-state index in [1.54, 1.807) is 29.2 Å². The highest BCUT2D eigenvalue weighted by Gasteiger charge is 2.32. The second-order valence-corrected chi connectivity index (χ2v) is 6.66. The largest absolute Gasteiger partial charge is 0.307 e. The minimum atomic E-state index is -0.237. The monoisotopic (exact) mass is 350 g/mol. The summed E-state index contributed by atoms with van der Waals surface area (Å²) >= 11 is 0. The molecule has 0 fully saturated rings. The smallest absolute Gasteiger partial charge is 0.247 e. The summed E-state index contributed by atoms with van der Waals surface area (Å²) in [6, 6.07) is 14.7. The molecule has 0 saturated carbocycles. The molecule has 134 valence electrons. The van der Waals surface area contributed by atoms with Gasteiger partial charge in [-0.15, -0.1) is 0 Å². The predicted octanol–water partition coefficient (Wildman–Crippen LogP) is 3.22. The zero-order valence-corrected chi connectivity index (χ0v) is 15.2. The Morgan fingerprint density at radius 1 is 1.08 bits per heavy atom. The average Bonchev–Trinajstić information content (AvgIpc) is 2.95. The van der Waals surface area contributed by atoms with Gasteiger partial charge in [-0.25, -0.2) is 0 Å². The SMILES string of the molecule is CC(=O)c1cccc(N(CC(=O)N2c3ccccc3CC2C)C(C)=O)c1. The van der Waals surface area contributed by atoms with Gasteiger partial charge in [0.1, 0.15) is 6.54 Å². The van der Waals surface area contributed by atoms with Gasteiger partial charge < -0.3 is 9.80 Å². The molecule has 5 heteroatoms. The number of hydrogen-bond acceptors (Lipinski definition) is 3. The topological polar surface area (TPSA) is 57.7 Å². The molecule has 1 atom stereocenters. The van der Waals surface area contributed by atoms with Crippen molar-refractivity contribution in [2.45, 2.75) is 33.2 Å². The number of rotatable bonds is 4. The van der Waals surface area contributed by atoms with Gasteiger partial charge in [0, 0.05) is 29.9 Å². The van der Waals surface area contributed by atoms with E-state index in [1.807, 2.05) is 31.2 Å². The maximum absolute atomic E-state index is 13.0. The molecule has 26 heavy (non-hydrogen) atoms. The summed E-state index contributed by atoms with van der Waals surface area (Å²) in [5.74, 6) is -0.450. The Labute approximate surface area is 153 Å². The van der Waals surface area contributed by atoms with Gasteiger partial charge in [0.25, 0.3) is 0 Å². The van der Waals surface area contributed by atoms with Crippen molar-refractivity contribution in [3.05, 3.63) is 59.7 Å². The predicted molar refractivity (Wildman–Crippen MR) is 102 cm³/mol. The van der Waals surface area contributed by atoms with E-state index in [0.717, 1.165) is 17.7 Å². The first-order chi connectivity index (χ1) is 12.4. The summed E-state index contributed by atoms with van der Waals surface area (Å²) in [6.45, 7) is 4.85. The zero-order valence-electron chi connectivity index (χ0n) is 15.2. The van der Waals surface area contributed by atoms with Gasteiger partial charge in [-0.05, 0) is 44.0 Å². The van der Waals surface area contributed by atoms with Crippen LogP contribution >= 0.6 is 0 Å². The van der Waals surface area contributed by atoms with Gasteiger partial charge in [0.05, 0.1) is 0 Å². The Bertz CT molecular complexity index is 875. The Balaban J connectivity index is 1.87. The fraction of sp³-hybridized carbons (Fsp3) is 0.286. The highest BCUT2D eigenvalue weighted by Crippen LogP contribution is 2.32. The lowest BCUT2D eigenvalue weighted by atomic mass is 10.1. The Morgan fingerprint density at radius 2 is 1.81 bits per heavy atom. The third kappa shape index (κ3) is 3.38. The average molecular weight is 350 g/mol. The van der Waals surface area contributed by atoms with Crippen LogP contribution in [0.4, 0.5) is 11.4 Å². The van der Waals surface area contributed by atoms with Crippen molar-refractivity contribution in [3.8, 4) is 0 Å². The van der Waals surface area contributed by atoms with Crippen molar-refractivity contribution < 1.29 is 14.4 Å². The normalized spacial score (nSPS) is 15.5. The molecule has 0 radical (unpaired) electrons. The fourth-order valence-electron chi connectivity index (χ4n) is 3.43. The van der Waals surface area contributed by atoms with Gasteiger partial charge in [-0.3, -0.25) is 14.4 Å². The van der Waals surface area contributed by atoms with E-state index in [9.17, 15) is 14.4 Å². The van der Waals surface area contributed by atoms with Crippen LogP contribution in [0.1, 0.15) is 36.7 Å². The number of anilines is 2. The highest BCUT2D eigenvalue weighted by atomic mass is 16.2. The quantitative estimate of drug-likeness (QED) is 0.796. The van der Waals surface area contributed by atoms with Crippen molar-refractivity contribution in [2.24, 2.45) is 0 Å². The van der Waals surface area contributed by atoms with Crippen molar-refractivity contribution in [2.75, 3.05) is 16.3 Å². The molecule has 2 aromatic rings. The molecule has 1 unspecified atom stereocenters. The van der Waals surface area contributed by atoms with Crippen molar-refractivity contribution in [1.29, 1.82) is 0 Å². The maximum atomic E-state index is 13.0. The molecule has 0 spiro atoms. The summed E-state index contributed by atoms with van der Waals surface area (Å²) < 4.78 is 0. The van der Waals surface area contributed by atoms with E-state index in [-0.39, 0.29) is 30.2 Å². The maximum Gasteiger partial charge on any atom is 0.247 e. The Kier molecular flexibility index (Phi) is 4.89. The first-order valence-corrected chi connectivity index (χ1v) is 8.67. The number of Topliss-reactive ketones (excluding diaryl/α,β-unsaturated/α-hetero) is 1. The van der Waals surface area contributed by atoms with Gasteiger partial charge in [-0.1, -0.05) is 30.3 Å². The molecule has 0 bridgehead atoms. The second-order valence-electron chi connectivity index (χ2n) is 6.66. The molecular formula is C21H22N2O3. The summed E-state index contributed by atoms with van der Waals surface area (Å²) in [5, 5.41) is 0. The van der Waals surface area contributed by atoms with Crippen LogP contribution in [-0.2, 0) is 16.0 Å². The minimum Gasteiger partial charge on any atom is -0.307 e. The number of hydrogen-bond donors (Lipinski definition) is 0. The van der Waals surface area contributed by atoms with E-state index in [4.69, 9.17) is 0 Å². The minimum absolute atomic E-state index is 0.0530. The fourth-order valence-corrected chi connectivity index (χ4v) is 3.43. The van der Waals surface area contributed by atoms with E-state index in [1.165, 1.54) is 18.7 Å². The van der Waals surface area contributed by atoms with Gasteiger partial charge in [-0.2, -0.15) is 0 Å². The zero-order chi connectivity index (χ0) is 18.8. The molecule has 3 rings (SSSR count). The number of nitrogens with zero attached hydrogens (tertiary/aromatic N) is 2. The molecule has 1 aliphatic heterocycles. The number of benzene rings is 2. The van der Waals surface area contributed by atoms with Crippen LogP contribution < -0.4 is 9.80 Å². The van der Waals surface area contributed by atoms with E-state index in [2.05, 4.69) is 0 Å². The third-order valence-corrected chi connectivity index (χ3v) is 4.71. The highest BCUT2D eigenvalue weighted by molar-refractivity contribution is 6.05. The van der Waals surface area contributed by atoms with E-state index >= 15 is 0 Å². The van der Waals surface area contributed by atoms with Crippen molar-refractivity contribution in [3.63, 3.8) is 0 Å². The van der Waals surface area contributed by atoms with Crippen LogP contribution in [0.5, 0.6) is 0 Å². The Hall–Kier alpha value is -2.95. The van der Waals surface area contributed by atoms with Crippen LogP contribution in [0, 0.1) is 0 Å². The summed E-state index contributed by atoms with van der Waals surface area (Å²) in [5.41, 5.74) is 3.12. The number of fused-ring (bicyclic) bond motifs is 1. The number of para-hydroxylation sites is 1. The van der Waals surface area contributed by atoms with Gasteiger partial charge in [0.15, 0.2) is 5.78 Å². The Morgan fingerprint density at radius 3 is 2.50 bits per heavy atom. The van der Waals surface area contributed by atoms with Gasteiger partial charge in [0.2, 0.25) is 11.8 Å². The number of carbonyl (C=O) groups excluding carboxylic acids is 3. The lowest BCUT2D eigenvalue weighted by Gasteiger charge is -2.27. The number of ketones is 1. The molecule has 0 aliphatic carbocycles. The molecular weight excluding hydrogens is 328 g/mol. The van der Waals surface area contributed by atoms with Crippen LogP contribution in [-0.4, -0.2) is 30.2 Å². The second kappa shape index (κ2) is 7.12. The van der Waals surface area contributed by atoms with Gasteiger partial charge >= 0.3 is 0 Å². The van der Waals surface area contributed by atoms with E-state index < -0.39 is 0 Å². The first-order valence-electron chi connectivity index (χ1n) is 8.67. The molecule has 1 heterocycles.